The van der Waals surface area contributed by atoms with Crippen LogP contribution in [0, 0.1) is 0 Å². The SMILES string of the molecule is CCCC(COC)Nc1cnn(CC(=O)OC)c(=O)c1Cl. The molecule has 118 valence electrons. The van der Waals surface area contributed by atoms with Crippen molar-refractivity contribution in [2.75, 3.05) is 26.1 Å². The van der Waals surface area contributed by atoms with E-state index in [1.807, 2.05) is 0 Å². The van der Waals surface area contributed by atoms with Gasteiger partial charge in [-0.25, -0.2) is 4.68 Å². The standard InChI is InChI=1S/C13H20ClN3O4/c1-4-5-9(8-20-2)16-10-6-15-17(7-11(18)21-3)13(19)12(10)14/h6,9,16H,4-5,7-8H2,1-3H3. The lowest BCUT2D eigenvalue weighted by molar-refractivity contribution is -0.141. The molecule has 0 aromatic carbocycles. The summed E-state index contributed by atoms with van der Waals surface area (Å²) in [6.45, 7) is 2.28. The Labute approximate surface area is 128 Å². The molecule has 1 heterocycles. The van der Waals surface area contributed by atoms with Gasteiger partial charge in [0.25, 0.3) is 5.56 Å². The molecule has 0 radical (unpaired) electrons. The molecule has 0 saturated heterocycles. The van der Waals surface area contributed by atoms with Crippen molar-refractivity contribution >= 4 is 23.3 Å². The zero-order chi connectivity index (χ0) is 15.8. The molecule has 7 nitrogen and oxygen atoms in total. The van der Waals surface area contributed by atoms with Gasteiger partial charge in [0.05, 0.1) is 25.6 Å². The van der Waals surface area contributed by atoms with Crippen LogP contribution in [0.1, 0.15) is 19.8 Å². The molecule has 0 bridgehead atoms. The fourth-order valence-electron chi connectivity index (χ4n) is 1.83. The maximum absolute atomic E-state index is 12.0. The summed E-state index contributed by atoms with van der Waals surface area (Å²) < 4.78 is 10.6. The summed E-state index contributed by atoms with van der Waals surface area (Å²) in [4.78, 5) is 23.2. The minimum atomic E-state index is -0.565. The highest BCUT2D eigenvalue weighted by Gasteiger charge is 2.15. The van der Waals surface area contributed by atoms with E-state index in [-0.39, 0.29) is 17.6 Å². The van der Waals surface area contributed by atoms with Crippen molar-refractivity contribution in [2.45, 2.75) is 32.4 Å². The highest BCUT2D eigenvalue weighted by Crippen LogP contribution is 2.17. The van der Waals surface area contributed by atoms with E-state index in [1.54, 1.807) is 7.11 Å². The molecule has 0 spiro atoms. The summed E-state index contributed by atoms with van der Waals surface area (Å²) in [6.07, 6.45) is 3.26. The van der Waals surface area contributed by atoms with Gasteiger partial charge in [-0.1, -0.05) is 24.9 Å². The molecule has 1 unspecified atom stereocenters. The van der Waals surface area contributed by atoms with Crippen LogP contribution in [0.2, 0.25) is 5.02 Å². The van der Waals surface area contributed by atoms with Gasteiger partial charge in [0.15, 0.2) is 0 Å². The van der Waals surface area contributed by atoms with E-state index >= 15 is 0 Å². The van der Waals surface area contributed by atoms with Gasteiger partial charge < -0.3 is 14.8 Å². The third-order valence-electron chi connectivity index (χ3n) is 2.86. The van der Waals surface area contributed by atoms with Crippen LogP contribution in [0.15, 0.2) is 11.0 Å². The van der Waals surface area contributed by atoms with Crippen LogP contribution in [0.25, 0.3) is 0 Å². The Balaban J connectivity index is 2.92. The maximum Gasteiger partial charge on any atom is 0.327 e. The number of carbonyl (C=O) groups excluding carboxylic acids is 1. The predicted molar refractivity (Wildman–Crippen MR) is 79.7 cm³/mol. The number of hydrogen-bond donors (Lipinski definition) is 1. The van der Waals surface area contributed by atoms with E-state index in [1.165, 1.54) is 13.3 Å². The second-order valence-corrected chi connectivity index (χ2v) is 4.87. The first-order chi connectivity index (χ1) is 10.0. The molecule has 0 fully saturated rings. The molecular weight excluding hydrogens is 298 g/mol. The molecule has 0 aliphatic heterocycles. The number of esters is 1. The Morgan fingerprint density at radius 3 is 2.81 bits per heavy atom. The third-order valence-corrected chi connectivity index (χ3v) is 3.22. The molecule has 1 atom stereocenters. The van der Waals surface area contributed by atoms with Crippen LogP contribution in [-0.2, 0) is 20.8 Å². The fourth-order valence-corrected chi connectivity index (χ4v) is 2.03. The molecule has 1 aromatic heterocycles. The van der Waals surface area contributed by atoms with Gasteiger partial charge in [-0.15, -0.1) is 0 Å². The predicted octanol–water partition coefficient (Wildman–Crippen LogP) is 1.30. The van der Waals surface area contributed by atoms with Crippen molar-refractivity contribution in [1.29, 1.82) is 0 Å². The number of aromatic nitrogens is 2. The topological polar surface area (TPSA) is 82.4 Å². The lowest BCUT2D eigenvalue weighted by Crippen LogP contribution is -2.30. The second kappa shape index (κ2) is 8.63. The third kappa shape index (κ3) is 5.02. The molecule has 1 rings (SSSR count). The normalized spacial score (nSPS) is 12.0. The number of carbonyl (C=O) groups is 1. The first-order valence-electron chi connectivity index (χ1n) is 6.61. The number of halogens is 1. The Morgan fingerprint density at radius 2 is 2.24 bits per heavy atom. The molecule has 8 heteroatoms. The summed E-state index contributed by atoms with van der Waals surface area (Å²) in [6, 6.07) is 0.0372. The van der Waals surface area contributed by atoms with E-state index in [9.17, 15) is 9.59 Å². The number of nitrogens with zero attached hydrogens (tertiary/aromatic N) is 2. The van der Waals surface area contributed by atoms with Crippen molar-refractivity contribution < 1.29 is 14.3 Å². The smallest absolute Gasteiger partial charge is 0.327 e. The van der Waals surface area contributed by atoms with Crippen LogP contribution in [-0.4, -0.2) is 42.6 Å². The van der Waals surface area contributed by atoms with Gasteiger partial charge in [-0.05, 0) is 6.42 Å². The quantitative estimate of drug-likeness (QED) is 0.728. The van der Waals surface area contributed by atoms with E-state index in [0.717, 1.165) is 17.5 Å². The van der Waals surface area contributed by atoms with Crippen LogP contribution < -0.4 is 10.9 Å². The molecule has 0 aliphatic rings. The number of nitrogens with one attached hydrogen (secondary N) is 1. The largest absolute Gasteiger partial charge is 0.468 e. The van der Waals surface area contributed by atoms with Crippen LogP contribution in [0.3, 0.4) is 0 Å². The zero-order valence-electron chi connectivity index (χ0n) is 12.4. The van der Waals surface area contributed by atoms with E-state index in [4.69, 9.17) is 16.3 Å². The molecule has 0 amide bonds. The van der Waals surface area contributed by atoms with Gasteiger partial charge in [-0.2, -0.15) is 5.10 Å². The van der Waals surface area contributed by atoms with Crippen LogP contribution >= 0.6 is 11.6 Å². The minimum Gasteiger partial charge on any atom is -0.468 e. The summed E-state index contributed by atoms with van der Waals surface area (Å²) in [5.74, 6) is -0.565. The van der Waals surface area contributed by atoms with Gasteiger partial charge >= 0.3 is 5.97 Å². The summed E-state index contributed by atoms with van der Waals surface area (Å²) in [5.41, 5.74) is -0.113. The van der Waals surface area contributed by atoms with Crippen molar-refractivity contribution in [3.05, 3.63) is 21.6 Å². The number of ether oxygens (including phenoxy) is 2. The highest BCUT2D eigenvalue weighted by atomic mass is 35.5. The number of rotatable bonds is 8. The Bertz CT molecular complexity index is 527. The van der Waals surface area contributed by atoms with Gasteiger partial charge in [0.2, 0.25) is 0 Å². The minimum absolute atomic E-state index is 0.00823. The summed E-state index contributed by atoms with van der Waals surface area (Å²) >= 11 is 6.04. The van der Waals surface area contributed by atoms with E-state index in [2.05, 4.69) is 22.1 Å². The molecule has 1 aromatic rings. The maximum atomic E-state index is 12.0. The Morgan fingerprint density at radius 1 is 1.52 bits per heavy atom. The molecule has 0 saturated carbocycles. The lowest BCUT2D eigenvalue weighted by Gasteiger charge is -2.19. The van der Waals surface area contributed by atoms with Crippen molar-refractivity contribution in [3.8, 4) is 0 Å². The number of anilines is 1. The van der Waals surface area contributed by atoms with Gasteiger partial charge in [-0.3, -0.25) is 9.59 Å². The fraction of sp³-hybridized carbons (Fsp3) is 0.615. The van der Waals surface area contributed by atoms with E-state index in [0.29, 0.717) is 12.3 Å². The first kappa shape index (κ1) is 17.5. The molecule has 1 N–H and O–H groups in total. The van der Waals surface area contributed by atoms with Crippen LogP contribution in [0.4, 0.5) is 5.69 Å². The zero-order valence-corrected chi connectivity index (χ0v) is 13.1. The average molecular weight is 318 g/mol. The molecule has 21 heavy (non-hydrogen) atoms. The van der Waals surface area contributed by atoms with Gasteiger partial charge in [0, 0.05) is 13.2 Å². The van der Waals surface area contributed by atoms with Crippen molar-refractivity contribution in [1.82, 2.24) is 9.78 Å². The van der Waals surface area contributed by atoms with Crippen LogP contribution in [0.5, 0.6) is 0 Å². The number of hydrogen-bond acceptors (Lipinski definition) is 6. The summed E-state index contributed by atoms with van der Waals surface area (Å²) in [7, 11) is 2.85. The highest BCUT2D eigenvalue weighted by molar-refractivity contribution is 6.32. The number of methoxy groups -OCH3 is 2. The monoisotopic (exact) mass is 317 g/mol. The van der Waals surface area contributed by atoms with Gasteiger partial charge in [0.1, 0.15) is 11.6 Å². The summed E-state index contributed by atoms with van der Waals surface area (Å²) in [5, 5.41) is 7.04. The van der Waals surface area contributed by atoms with Crippen molar-refractivity contribution in [2.24, 2.45) is 0 Å². The van der Waals surface area contributed by atoms with E-state index < -0.39 is 11.5 Å². The van der Waals surface area contributed by atoms with Crippen molar-refractivity contribution in [3.63, 3.8) is 0 Å². The Kier molecular flexibility index (Phi) is 7.18. The second-order valence-electron chi connectivity index (χ2n) is 4.50. The lowest BCUT2D eigenvalue weighted by atomic mass is 10.2. The average Bonchev–Trinajstić information content (AvgIpc) is 2.47. The Hall–Kier alpha value is -1.60. The molecular formula is C13H20ClN3O4. The first-order valence-corrected chi connectivity index (χ1v) is 6.99. The molecule has 0 aliphatic carbocycles.